The molecule has 0 aliphatic carbocycles. The van der Waals surface area contributed by atoms with E-state index in [1.807, 2.05) is 21.1 Å². The SMILES string of the molecule is CCCCCCCCC/C=C/CCCC(O)C(O)C(COP(=O)([O-])OCC[N+](C)(C)C)NC(=O)CCCCCCCCCCCCCCCCCCCCCCCCCCCCCCCCCCCCCCCCC. The number of rotatable bonds is 62. The van der Waals surface area contributed by atoms with Crippen LogP contribution < -0.4 is 10.2 Å². The van der Waals surface area contributed by atoms with Crippen molar-refractivity contribution in [2.24, 2.45) is 0 Å². The van der Waals surface area contributed by atoms with Gasteiger partial charge in [0.25, 0.3) is 7.82 Å². The van der Waals surface area contributed by atoms with Gasteiger partial charge in [-0.3, -0.25) is 9.36 Å². The third-order valence-corrected chi connectivity index (χ3v) is 16.6. The maximum Gasteiger partial charge on any atom is 0.268 e. The van der Waals surface area contributed by atoms with Gasteiger partial charge in [0.15, 0.2) is 0 Å². The molecule has 0 bridgehead atoms. The minimum atomic E-state index is -4.68. The third kappa shape index (κ3) is 57.7. The van der Waals surface area contributed by atoms with Crippen LogP contribution in [0.25, 0.3) is 0 Å². The van der Waals surface area contributed by atoms with Gasteiger partial charge in [0.05, 0.1) is 39.9 Å². The number of nitrogens with one attached hydrogen (secondary N) is 1. The lowest BCUT2D eigenvalue weighted by Crippen LogP contribution is -2.51. The van der Waals surface area contributed by atoms with Crippen molar-refractivity contribution in [2.75, 3.05) is 40.9 Å². The van der Waals surface area contributed by atoms with Gasteiger partial charge in [0.2, 0.25) is 5.91 Å². The first-order valence-electron chi connectivity index (χ1n) is 33.1. The molecular formula is C65H131N2O7P. The highest BCUT2D eigenvalue weighted by Gasteiger charge is 2.29. The first-order valence-corrected chi connectivity index (χ1v) is 34.6. The van der Waals surface area contributed by atoms with E-state index in [1.165, 1.54) is 276 Å². The summed E-state index contributed by atoms with van der Waals surface area (Å²) in [4.78, 5) is 25.6. The summed E-state index contributed by atoms with van der Waals surface area (Å²) in [7, 11) is 1.12. The van der Waals surface area contributed by atoms with Gasteiger partial charge in [-0.15, -0.1) is 0 Å². The van der Waals surface area contributed by atoms with Gasteiger partial charge in [-0.1, -0.05) is 309 Å². The third-order valence-electron chi connectivity index (χ3n) is 15.6. The molecule has 0 aliphatic heterocycles. The van der Waals surface area contributed by atoms with Gasteiger partial charge in [0, 0.05) is 6.42 Å². The van der Waals surface area contributed by atoms with Gasteiger partial charge in [0.1, 0.15) is 19.3 Å². The van der Waals surface area contributed by atoms with Gasteiger partial charge in [-0.2, -0.15) is 0 Å². The van der Waals surface area contributed by atoms with Crippen LogP contribution in [-0.2, 0) is 18.4 Å². The number of hydrogen-bond donors (Lipinski definition) is 3. The zero-order valence-corrected chi connectivity index (χ0v) is 51.8. The number of carbonyl (C=O) groups excluding carboxylic acids is 1. The van der Waals surface area contributed by atoms with Crippen LogP contribution in [0.4, 0.5) is 0 Å². The van der Waals surface area contributed by atoms with Crippen LogP contribution >= 0.6 is 7.82 Å². The average molecular weight is 1080 g/mol. The summed E-state index contributed by atoms with van der Waals surface area (Å²) in [6.07, 6.45) is 67.7. The summed E-state index contributed by atoms with van der Waals surface area (Å²) >= 11 is 0. The second-order valence-corrected chi connectivity index (χ2v) is 25.7. The number of aliphatic hydroxyl groups excluding tert-OH is 2. The van der Waals surface area contributed by atoms with Crippen LogP contribution in [0.3, 0.4) is 0 Å². The van der Waals surface area contributed by atoms with Gasteiger partial charge < -0.3 is 34.0 Å². The molecule has 0 aliphatic rings. The van der Waals surface area contributed by atoms with Crippen molar-refractivity contribution in [1.29, 1.82) is 0 Å². The molecular weight excluding hydrogens is 952 g/mol. The molecule has 3 N–H and O–H groups in total. The van der Waals surface area contributed by atoms with Crippen molar-refractivity contribution in [3.63, 3.8) is 0 Å². The quantitative estimate of drug-likeness (QED) is 0.0239. The second kappa shape index (κ2) is 56.5. The number of likely N-dealkylation sites (N-methyl/N-ethyl adjacent to an activating group) is 1. The zero-order valence-electron chi connectivity index (χ0n) is 50.9. The Balaban J connectivity index is 3.88. The van der Waals surface area contributed by atoms with E-state index in [1.54, 1.807) is 0 Å². The van der Waals surface area contributed by atoms with Crippen molar-refractivity contribution in [3.8, 4) is 0 Å². The fourth-order valence-corrected chi connectivity index (χ4v) is 11.1. The number of hydrogen-bond acceptors (Lipinski definition) is 7. The van der Waals surface area contributed by atoms with Crippen LogP contribution in [0, 0.1) is 0 Å². The van der Waals surface area contributed by atoms with E-state index in [4.69, 9.17) is 9.05 Å². The minimum absolute atomic E-state index is 0.0429. The van der Waals surface area contributed by atoms with E-state index in [0.717, 1.165) is 32.1 Å². The Labute approximate surface area is 467 Å². The molecule has 10 heteroatoms. The van der Waals surface area contributed by atoms with E-state index >= 15 is 0 Å². The van der Waals surface area contributed by atoms with Gasteiger partial charge in [-0.05, 0) is 38.5 Å². The molecule has 0 saturated carbocycles. The summed E-state index contributed by atoms with van der Waals surface area (Å²) in [5.41, 5.74) is 0. The number of carbonyl (C=O) groups is 1. The molecule has 0 aromatic rings. The lowest BCUT2D eigenvalue weighted by molar-refractivity contribution is -0.870. The Morgan fingerprint density at radius 1 is 0.467 bits per heavy atom. The predicted octanol–water partition coefficient (Wildman–Crippen LogP) is 18.9. The number of phosphoric acid groups is 1. The largest absolute Gasteiger partial charge is 0.756 e. The van der Waals surface area contributed by atoms with Crippen LogP contribution in [0.5, 0.6) is 0 Å². The lowest BCUT2D eigenvalue weighted by atomic mass is 10.0. The fourth-order valence-electron chi connectivity index (χ4n) is 10.4. The molecule has 4 unspecified atom stereocenters. The number of quaternary nitrogens is 1. The van der Waals surface area contributed by atoms with Crippen molar-refractivity contribution in [3.05, 3.63) is 12.2 Å². The Kier molecular flexibility index (Phi) is 55.9. The normalized spacial score (nSPS) is 14.2. The molecule has 448 valence electrons. The number of aliphatic hydroxyl groups is 2. The smallest absolute Gasteiger partial charge is 0.268 e. The topological polar surface area (TPSA) is 128 Å². The first-order chi connectivity index (χ1) is 36.4. The molecule has 9 nitrogen and oxygen atoms in total. The zero-order chi connectivity index (χ0) is 55.0. The van der Waals surface area contributed by atoms with E-state index in [2.05, 4.69) is 31.3 Å². The number of allylic oxidation sites excluding steroid dienone is 2. The van der Waals surface area contributed by atoms with Crippen LogP contribution in [0.2, 0.25) is 0 Å². The van der Waals surface area contributed by atoms with Crippen molar-refractivity contribution in [1.82, 2.24) is 5.32 Å². The molecule has 4 atom stereocenters. The second-order valence-electron chi connectivity index (χ2n) is 24.3. The maximum absolute atomic E-state index is 13.0. The van der Waals surface area contributed by atoms with Crippen LogP contribution in [0.1, 0.15) is 341 Å². The van der Waals surface area contributed by atoms with Crippen LogP contribution in [-0.4, -0.2) is 79.8 Å². The molecule has 0 heterocycles. The Hall–Kier alpha value is -0.800. The molecule has 0 saturated heterocycles. The predicted molar refractivity (Wildman–Crippen MR) is 322 cm³/mol. The highest BCUT2D eigenvalue weighted by Crippen LogP contribution is 2.38. The molecule has 1 amide bonds. The van der Waals surface area contributed by atoms with E-state index in [-0.39, 0.29) is 18.9 Å². The molecule has 0 radical (unpaired) electrons. The maximum atomic E-state index is 13.0. The van der Waals surface area contributed by atoms with Gasteiger partial charge >= 0.3 is 0 Å². The van der Waals surface area contributed by atoms with E-state index in [9.17, 15) is 24.5 Å². The standard InChI is InChI=1S/C65H131N2O7P/c1-6-8-10-12-14-16-18-20-21-22-23-24-25-26-27-28-29-30-31-32-33-34-35-36-37-38-39-40-41-42-43-44-45-46-48-50-52-54-56-58-64(69)66-62(61-74-75(71,72)73-60-59-67(3,4)5)65(70)63(68)57-55-53-51-49-47-19-17-15-13-11-9-7-2/h49,51,62-63,65,68,70H,6-48,50,52-61H2,1-5H3,(H-,66,69,71,72)/b51-49+. The number of phosphoric ester groups is 1. The minimum Gasteiger partial charge on any atom is -0.756 e. The summed E-state index contributed by atoms with van der Waals surface area (Å²) < 4.78 is 23.3. The Bertz CT molecular complexity index is 1250. The molecule has 0 rings (SSSR count). The lowest BCUT2D eigenvalue weighted by Gasteiger charge is -2.31. The number of amides is 1. The van der Waals surface area contributed by atoms with Crippen LogP contribution in [0.15, 0.2) is 12.2 Å². The number of nitrogens with zero attached hydrogens (tertiary/aromatic N) is 1. The van der Waals surface area contributed by atoms with E-state index in [0.29, 0.717) is 23.9 Å². The van der Waals surface area contributed by atoms with Gasteiger partial charge in [-0.25, -0.2) is 0 Å². The summed E-state index contributed by atoms with van der Waals surface area (Å²) in [5.74, 6) is -0.281. The average Bonchev–Trinajstić information content (AvgIpc) is 3.37. The van der Waals surface area contributed by atoms with E-state index < -0.39 is 32.7 Å². The molecule has 75 heavy (non-hydrogen) atoms. The molecule has 0 spiro atoms. The van der Waals surface area contributed by atoms with Crippen molar-refractivity contribution >= 4 is 13.7 Å². The highest BCUT2D eigenvalue weighted by atomic mass is 31.2. The monoisotopic (exact) mass is 1080 g/mol. The summed E-state index contributed by atoms with van der Waals surface area (Å²) in [5, 5.41) is 24.7. The number of unbranched alkanes of at least 4 members (excludes halogenated alkanes) is 46. The molecule has 0 aromatic carbocycles. The Morgan fingerprint density at radius 2 is 0.760 bits per heavy atom. The molecule has 0 fully saturated rings. The summed E-state index contributed by atoms with van der Waals surface area (Å²) in [6, 6.07) is -1.09. The fraction of sp³-hybridized carbons (Fsp3) is 0.954. The Morgan fingerprint density at radius 3 is 1.08 bits per heavy atom. The van der Waals surface area contributed by atoms with Crippen molar-refractivity contribution in [2.45, 2.75) is 360 Å². The molecule has 0 aromatic heterocycles. The highest BCUT2D eigenvalue weighted by molar-refractivity contribution is 7.45. The summed E-state index contributed by atoms with van der Waals surface area (Å²) in [6.45, 7) is 4.45. The first kappa shape index (κ1) is 74.2. The van der Waals surface area contributed by atoms with Crippen molar-refractivity contribution < 1.29 is 38.0 Å².